The van der Waals surface area contributed by atoms with Crippen LogP contribution in [0.4, 0.5) is 0 Å². The van der Waals surface area contributed by atoms with Crippen molar-refractivity contribution in [1.82, 2.24) is 0 Å². The van der Waals surface area contributed by atoms with E-state index in [1.54, 1.807) is 12.1 Å². The van der Waals surface area contributed by atoms with Crippen molar-refractivity contribution in [2.45, 2.75) is 13.8 Å². The SMILES string of the molecule is CCOc1cc(I)c(C(C)=O)cc1Cl. The van der Waals surface area contributed by atoms with Gasteiger partial charge in [-0.2, -0.15) is 0 Å². The van der Waals surface area contributed by atoms with Gasteiger partial charge >= 0.3 is 0 Å². The van der Waals surface area contributed by atoms with Gasteiger partial charge in [-0.15, -0.1) is 0 Å². The molecule has 0 amide bonds. The van der Waals surface area contributed by atoms with E-state index in [2.05, 4.69) is 22.6 Å². The van der Waals surface area contributed by atoms with Crippen LogP contribution in [-0.4, -0.2) is 12.4 Å². The van der Waals surface area contributed by atoms with E-state index in [4.69, 9.17) is 16.3 Å². The first-order valence-electron chi connectivity index (χ1n) is 4.19. The molecule has 1 rings (SSSR count). The summed E-state index contributed by atoms with van der Waals surface area (Å²) in [6.07, 6.45) is 0. The molecule has 0 unspecified atom stereocenters. The molecule has 4 heteroatoms. The molecule has 0 aliphatic heterocycles. The van der Waals surface area contributed by atoms with E-state index >= 15 is 0 Å². The number of hydrogen-bond acceptors (Lipinski definition) is 2. The van der Waals surface area contributed by atoms with Gasteiger partial charge in [-0.25, -0.2) is 0 Å². The maximum absolute atomic E-state index is 11.2. The third kappa shape index (κ3) is 2.60. The zero-order chi connectivity index (χ0) is 10.7. The van der Waals surface area contributed by atoms with Crippen molar-refractivity contribution in [3.05, 3.63) is 26.3 Å². The van der Waals surface area contributed by atoms with E-state index in [1.165, 1.54) is 6.92 Å². The molecule has 0 N–H and O–H groups in total. The maximum Gasteiger partial charge on any atom is 0.160 e. The van der Waals surface area contributed by atoms with E-state index in [1.807, 2.05) is 6.92 Å². The number of hydrogen-bond donors (Lipinski definition) is 0. The topological polar surface area (TPSA) is 26.3 Å². The van der Waals surface area contributed by atoms with Gasteiger partial charge in [-0.3, -0.25) is 4.79 Å². The summed E-state index contributed by atoms with van der Waals surface area (Å²) in [6.45, 7) is 3.98. The summed E-state index contributed by atoms with van der Waals surface area (Å²) in [5.41, 5.74) is 0.638. The number of ketones is 1. The number of carbonyl (C=O) groups is 1. The molecule has 76 valence electrons. The molecule has 0 aromatic heterocycles. The quantitative estimate of drug-likeness (QED) is 0.628. The summed E-state index contributed by atoms with van der Waals surface area (Å²) in [7, 11) is 0. The van der Waals surface area contributed by atoms with Crippen molar-refractivity contribution in [2.24, 2.45) is 0 Å². The molecule has 2 nitrogen and oxygen atoms in total. The Morgan fingerprint density at radius 3 is 2.71 bits per heavy atom. The van der Waals surface area contributed by atoms with Crippen LogP contribution in [0.25, 0.3) is 0 Å². The fourth-order valence-electron chi connectivity index (χ4n) is 1.06. The zero-order valence-electron chi connectivity index (χ0n) is 7.93. The predicted octanol–water partition coefficient (Wildman–Crippen LogP) is 3.55. The molecule has 0 saturated heterocycles. The Hall–Kier alpha value is -0.290. The van der Waals surface area contributed by atoms with Gasteiger partial charge in [0.15, 0.2) is 5.78 Å². The van der Waals surface area contributed by atoms with Crippen LogP contribution < -0.4 is 4.74 Å². The average Bonchev–Trinajstić information content (AvgIpc) is 2.10. The van der Waals surface area contributed by atoms with Crippen molar-refractivity contribution in [3.63, 3.8) is 0 Å². The molecule has 0 spiro atoms. The standard InChI is InChI=1S/C10H10ClIO2/c1-3-14-10-5-9(12)7(6(2)13)4-8(10)11/h4-5H,3H2,1-2H3. The highest BCUT2D eigenvalue weighted by molar-refractivity contribution is 14.1. The highest BCUT2D eigenvalue weighted by Gasteiger charge is 2.10. The number of rotatable bonds is 3. The van der Waals surface area contributed by atoms with E-state index in [9.17, 15) is 4.79 Å². The first-order chi connectivity index (χ1) is 6.56. The van der Waals surface area contributed by atoms with Crippen LogP contribution in [0, 0.1) is 3.57 Å². The molecule has 0 aliphatic rings. The fraction of sp³-hybridized carbons (Fsp3) is 0.300. The van der Waals surface area contributed by atoms with Crippen LogP contribution in [-0.2, 0) is 0 Å². The van der Waals surface area contributed by atoms with Crippen LogP contribution >= 0.6 is 34.2 Å². The van der Waals surface area contributed by atoms with Crippen molar-refractivity contribution in [1.29, 1.82) is 0 Å². The molecule has 0 atom stereocenters. The van der Waals surface area contributed by atoms with E-state index in [-0.39, 0.29) is 5.78 Å². The fourth-order valence-corrected chi connectivity index (χ4v) is 2.10. The summed E-state index contributed by atoms with van der Waals surface area (Å²) in [5, 5.41) is 0.484. The summed E-state index contributed by atoms with van der Waals surface area (Å²) in [5.74, 6) is 0.642. The van der Waals surface area contributed by atoms with Gasteiger partial charge in [0.1, 0.15) is 5.75 Å². The summed E-state index contributed by atoms with van der Waals surface area (Å²) >= 11 is 8.04. The smallest absolute Gasteiger partial charge is 0.160 e. The minimum atomic E-state index is 0.0133. The molecular weight excluding hydrogens is 314 g/mol. The molecule has 0 aliphatic carbocycles. The Bertz CT molecular complexity index is 363. The minimum absolute atomic E-state index is 0.0133. The second-order valence-electron chi connectivity index (χ2n) is 2.75. The van der Waals surface area contributed by atoms with Gasteiger partial charge in [-0.05, 0) is 48.6 Å². The first-order valence-corrected chi connectivity index (χ1v) is 5.64. The lowest BCUT2D eigenvalue weighted by Crippen LogP contribution is -1.99. The summed E-state index contributed by atoms with van der Waals surface area (Å²) in [4.78, 5) is 11.2. The monoisotopic (exact) mass is 324 g/mol. The van der Waals surface area contributed by atoms with Gasteiger partial charge in [0.2, 0.25) is 0 Å². The average molecular weight is 325 g/mol. The number of carbonyl (C=O) groups excluding carboxylic acids is 1. The van der Waals surface area contributed by atoms with Crippen LogP contribution in [0.5, 0.6) is 5.75 Å². The Kier molecular flexibility index (Phi) is 4.19. The second-order valence-corrected chi connectivity index (χ2v) is 4.32. The summed E-state index contributed by atoms with van der Waals surface area (Å²) in [6, 6.07) is 3.43. The van der Waals surface area contributed by atoms with Crippen molar-refractivity contribution < 1.29 is 9.53 Å². The van der Waals surface area contributed by atoms with Gasteiger partial charge < -0.3 is 4.74 Å². The zero-order valence-corrected chi connectivity index (χ0v) is 10.8. The van der Waals surface area contributed by atoms with E-state index < -0.39 is 0 Å². The van der Waals surface area contributed by atoms with Crippen LogP contribution in [0.1, 0.15) is 24.2 Å². The van der Waals surface area contributed by atoms with Gasteiger partial charge in [-0.1, -0.05) is 11.6 Å². The minimum Gasteiger partial charge on any atom is -0.492 e. The third-order valence-electron chi connectivity index (χ3n) is 1.70. The molecule has 1 aromatic rings. The Morgan fingerprint density at radius 2 is 2.21 bits per heavy atom. The van der Waals surface area contributed by atoms with Crippen LogP contribution in [0.15, 0.2) is 12.1 Å². The third-order valence-corrected chi connectivity index (χ3v) is 2.89. The molecule has 0 bridgehead atoms. The molecular formula is C10H10ClIO2. The normalized spacial score (nSPS) is 10.0. The molecule has 0 fully saturated rings. The lowest BCUT2D eigenvalue weighted by molar-refractivity contribution is 0.101. The predicted molar refractivity (Wildman–Crippen MR) is 65.3 cm³/mol. The molecule has 14 heavy (non-hydrogen) atoms. The van der Waals surface area contributed by atoms with E-state index in [0.29, 0.717) is 22.9 Å². The van der Waals surface area contributed by atoms with Crippen molar-refractivity contribution in [3.8, 4) is 5.75 Å². The van der Waals surface area contributed by atoms with Gasteiger partial charge in [0.25, 0.3) is 0 Å². The second kappa shape index (κ2) is 4.98. The highest BCUT2D eigenvalue weighted by Crippen LogP contribution is 2.29. The molecule has 0 heterocycles. The number of Topliss-reactive ketones (excluding diaryl/α,β-unsaturated/α-hetero) is 1. The van der Waals surface area contributed by atoms with E-state index in [0.717, 1.165) is 3.57 Å². The maximum atomic E-state index is 11.2. The molecule has 1 aromatic carbocycles. The number of halogens is 2. The van der Waals surface area contributed by atoms with Crippen molar-refractivity contribution in [2.75, 3.05) is 6.61 Å². The summed E-state index contributed by atoms with van der Waals surface area (Å²) < 4.78 is 6.17. The highest BCUT2D eigenvalue weighted by atomic mass is 127. The lowest BCUT2D eigenvalue weighted by atomic mass is 10.1. The largest absolute Gasteiger partial charge is 0.492 e. The lowest BCUT2D eigenvalue weighted by Gasteiger charge is -2.08. The Balaban J connectivity index is 3.17. The van der Waals surface area contributed by atoms with Gasteiger partial charge in [0, 0.05) is 9.13 Å². The molecule has 0 radical (unpaired) electrons. The molecule has 0 saturated carbocycles. The Labute approximate surface area is 102 Å². The van der Waals surface area contributed by atoms with Crippen LogP contribution in [0.2, 0.25) is 5.02 Å². The number of benzene rings is 1. The van der Waals surface area contributed by atoms with Gasteiger partial charge in [0.05, 0.1) is 11.6 Å². The first kappa shape index (κ1) is 11.8. The number of ether oxygens (including phenoxy) is 1. The van der Waals surface area contributed by atoms with Crippen molar-refractivity contribution >= 4 is 40.0 Å². The Morgan fingerprint density at radius 1 is 1.57 bits per heavy atom. The van der Waals surface area contributed by atoms with Crippen LogP contribution in [0.3, 0.4) is 0 Å².